The van der Waals surface area contributed by atoms with E-state index in [-0.39, 0.29) is 48.0 Å². The minimum atomic E-state index is -3.09. The monoisotopic (exact) mass is 378 g/mol. The Kier molecular flexibility index (Phi) is 3.87. The lowest BCUT2D eigenvalue weighted by molar-refractivity contribution is -0.129. The average molecular weight is 378 g/mol. The first-order valence-corrected chi connectivity index (χ1v) is 10.2. The largest absolute Gasteiger partial charge is 0.338 e. The number of benzene rings is 1. The molecule has 0 bridgehead atoms. The number of amides is 2. The summed E-state index contributed by atoms with van der Waals surface area (Å²) in [6.45, 7) is 0.230. The summed E-state index contributed by atoms with van der Waals surface area (Å²) in [4.78, 5) is 42.8. The Bertz CT molecular complexity index is 1050. The van der Waals surface area contributed by atoms with Gasteiger partial charge >= 0.3 is 5.69 Å². The Morgan fingerprint density at radius 1 is 1.19 bits per heavy atom. The fraction of sp³-hybridized carbons (Fsp3) is 0.438. The third-order valence-corrected chi connectivity index (χ3v) is 6.71. The summed E-state index contributed by atoms with van der Waals surface area (Å²) in [5, 5.41) is 2.76. The zero-order valence-corrected chi connectivity index (χ0v) is 14.6. The van der Waals surface area contributed by atoms with Crippen molar-refractivity contribution in [1.29, 1.82) is 0 Å². The van der Waals surface area contributed by atoms with Gasteiger partial charge in [-0.1, -0.05) is 0 Å². The molecule has 1 aromatic carbocycles. The summed E-state index contributed by atoms with van der Waals surface area (Å²) < 4.78 is 23.2. The minimum Gasteiger partial charge on any atom is -0.338 e. The zero-order valence-electron chi connectivity index (χ0n) is 13.8. The highest BCUT2D eigenvalue weighted by Gasteiger charge is 2.41. The quantitative estimate of drug-likeness (QED) is 0.682. The first-order valence-electron chi connectivity index (χ1n) is 8.33. The van der Waals surface area contributed by atoms with E-state index in [1.807, 2.05) is 0 Å². The van der Waals surface area contributed by atoms with E-state index in [2.05, 4.69) is 15.3 Å². The number of carbonyl (C=O) groups excluding carboxylic acids is 2. The van der Waals surface area contributed by atoms with Gasteiger partial charge in [0.2, 0.25) is 11.8 Å². The van der Waals surface area contributed by atoms with Crippen LogP contribution in [0.3, 0.4) is 0 Å². The molecule has 0 radical (unpaired) electrons. The van der Waals surface area contributed by atoms with Crippen LogP contribution in [0.5, 0.6) is 0 Å². The van der Waals surface area contributed by atoms with Crippen LogP contribution < -0.4 is 11.0 Å². The van der Waals surface area contributed by atoms with Crippen molar-refractivity contribution in [2.24, 2.45) is 5.92 Å². The number of fused-ring (bicyclic) bond motifs is 1. The Morgan fingerprint density at radius 2 is 1.96 bits per heavy atom. The number of rotatable bonds is 3. The van der Waals surface area contributed by atoms with Crippen LogP contribution >= 0.6 is 0 Å². The van der Waals surface area contributed by atoms with Crippen LogP contribution in [0.25, 0.3) is 11.0 Å². The predicted octanol–water partition coefficient (Wildman–Crippen LogP) is -0.170. The van der Waals surface area contributed by atoms with E-state index in [1.54, 1.807) is 18.2 Å². The fourth-order valence-corrected chi connectivity index (χ4v) is 5.37. The highest BCUT2D eigenvalue weighted by atomic mass is 32.2. The highest BCUT2D eigenvalue weighted by molar-refractivity contribution is 7.91. The summed E-state index contributed by atoms with van der Waals surface area (Å²) in [5.74, 6) is -0.930. The molecule has 4 rings (SSSR count). The number of likely N-dealkylation sites (tertiary alicyclic amines) is 1. The third-order valence-electron chi connectivity index (χ3n) is 4.96. The number of anilines is 1. The summed E-state index contributed by atoms with van der Waals surface area (Å²) in [7, 11) is -3.09. The Hall–Kier alpha value is -2.62. The highest BCUT2D eigenvalue weighted by Crippen LogP contribution is 2.27. The Morgan fingerprint density at radius 3 is 2.69 bits per heavy atom. The number of aromatic amines is 2. The third kappa shape index (κ3) is 3.12. The van der Waals surface area contributed by atoms with E-state index in [0.29, 0.717) is 23.1 Å². The lowest BCUT2D eigenvalue weighted by Gasteiger charge is -2.22. The van der Waals surface area contributed by atoms with Crippen LogP contribution in [-0.4, -0.2) is 59.2 Å². The predicted molar refractivity (Wildman–Crippen MR) is 94.4 cm³/mol. The molecule has 2 aliphatic rings. The van der Waals surface area contributed by atoms with Gasteiger partial charge in [-0.15, -0.1) is 0 Å². The molecular formula is C16H18N4O5S. The number of sulfone groups is 1. The van der Waals surface area contributed by atoms with E-state index in [9.17, 15) is 22.8 Å². The van der Waals surface area contributed by atoms with E-state index < -0.39 is 15.8 Å². The SMILES string of the molecule is O=C(Nc1ccc2[nH]c(=O)[nH]c2c1)C1CC(=O)N(C2CCS(=O)(=O)C2)C1. The van der Waals surface area contributed by atoms with Crippen molar-refractivity contribution in [1.82, 2.24) is 14.9 Å². The van der Waals surface area contributed by atoms with Crippen molar-refractivity contribution in [2.45, 2.75) is 18.9 Å². The summed E-state index contributed by atoms with van der Waals surface area (Å²) in [6, 6.07) is 4.66. The molecule has 10 heteroatoms. The number of hydrogen-bond acceptors (Lipinski definition) is 5. The number of nitrogens with one attached hydrogen (secondary N) is 3. The van der Waals surface area contributed by atoms with Gasteiger partial charge in [-0.3, -0.25) is 9.59 Å². The molecule has 0 saturated carbocycles. The molecule has 138 valence electrons. The lowest BCUT2D eigenvalue weighted by atomic mass is 10.1. The second-order valence-electron chi connectivity index (χ2n) is 6.83. The molecule has 2 amide bonds. The van der Waals surface area contributed by atoms with Gasteiger partial charge in [0, 0.05) is 24.7 Å². The standard InChI is InChI=1S/C16H18N4O5S/c21-14-5-9(7-20(14)11-3-4-26(24,25)8-11)15(22)17-10-1-2-12-13(6-10)19-16(23)18-12/h1-2,6,9,11H,3-5,7-8H2,(H,17,22)(H2,18,19,23). The van der Waals surface area contributed by atoms with Crippen molar-refractivity contribution in [3.05, 3.63) is 28.7 Å². The molecule has 1 aromatic heterocycles. The maximum Gasteiger partial charge on any atom is 0.323 e. The van der Waals surface area contributed by atoms with Gasteiger partial charge in [0.1, 0.15) is 0 Å². The molecule has 2 saturated heterocycles. The molecule has 2 atom stereocenters. The maximum absolute atomic E-state index is 12.5. The van der Waals surface area contributed by atoms with Gasteiger partial charge in [0.15, 0.2) is 9.84 Å². The molecule has 0 aliphatic carbocycles. The molecule has 2 fully saturated rings. The molecule has 26 heavy (non-hydrogen) atoms. The van der Waals surface area contributed by atoms with Crippen molar-refractivity contribution < 1.29 is 18.0 Å². The van der Waals surface area contributed by atoms with Crippen LogP contribution in [-0.2, 0) is 19.4 Å². The number of nitrogens with zero attached hydrogens (tertiary/aromatic N) is 1. The minimum absolute atomic E-state index is 0.0232. The molecule has 0 spiro atoms. The maximum atomic E-state index is 12.5. The fourth-order valence-electron chi connectivity index (χ4n) is 3.64. The smallest absolute Gasteiger partial charge is 0.323 e. The van der Waals surface area contributed by atoms with Gasteiger partial charge < -0.3 is 20.2 Å². The first-order chi connectivity index (χ1) is 12.3. The van der Waals surface area contributed by atoms with Crippen molar-refractivity contribution >= 4 is 38.4 Å². The number of imidazole rings is 1. The van der Waals surface area contributed by atoms with E-state index >= 15 is 0 Å². The molecule has 3 N–H and O–H groups in total. The van der Waals surface area contributed by atoms with E-state index in [1.165, 1.54) is 4.90 Å². The second kappa shape index (κ2) is 5.97. The van der Waals surface area contributed by atoms with Crippen molar-refractivity contribution in [3.63, 3.8) is 0 Å². The number of H-pyrrole nitrogens is 2. The molecule has 3 heterocycles. The number of carbonyl (C=O) groups is 2. The van der Waals surface area contributed by atoms with Crippen LogP contribution in [0.15, 0.2) is 23.0 Å². The Labute approximate surface area is 148 Å². The van der Waals surface area contributed by atoms with Crippen LogP contribution in [0.2, 0.25) is 0 Å². The van der Waals surface area contributed by atoms with Crippen LogP contribution in [0.1, 0.15) is 12.8 Å². The van der Waals surface area contributed by atoms with Crippen molar-refractivity contribution in [2.75, 3.05) is 23.4 Å². The topological polar surface area (TPSA) is 132 Å². The molecule has 2 unspecified atom stereocenters. The van der Waals surface area contributed by atoms with Gasteiger partial charge in [0.05, 0.1) is 28.5 Å². The van der Waals surface area contributed by atoms with Gasteiger partial charge in [-0.25, -0.2) is 13.2 Å². The van der Waals surface area contributed by atoms with Crippen molar-refractivity contribution in [3.8, 4) is 0 Å². The molecule has 2 aromatic rings. The summed E-state index contributed by atoms with van der Waals surface area (Å²) in [6.07, 6.45) is 0.506. The van der Waals surface area contributed by atoms with E-state index in [4.69, 9.17) is 0 Å². The summed E-state index contributed by atoms with van der Waals surface area (Å²) in [5.41, 5.74) is 1.41. The molecule has 2 aliphatic heterocycles. The zero-order chi connectivity index (χ0) is 18.5. The van der Waals surface area contributed by atoms with Crippen LogP contribution in [0, 0.1) is 5.92 Å². The van der Waals surface area contributed by atoms with E-state index in [0.717, 1.165) is 0 Å². The van der Waals surface area contributed by atoms with Gasteiger partial charge in [0.25, 0.3) is 0 Å². The van der Waals surface area contributed by atoms with Crippen LogP contribution in [0.4, 0.5) is 5.69 Å². The normalized spacial score (nSPS) is 25.1. The Balaban J connectivity index is 1.45. The lowest BCUT2D eigenvalue weighted by Crippen LogP contribution is -2.38. The number of aromatic nitrogens is 2. The summed E-state index contributed by atoms with van der Waals surface area (Å²) >= 11 is 0. The number of hydrogen-bond donors (Lipinski definition) is 3. The van der Waals surface area contributed by atoms with Gasteiger partial charge in [-0.2, -0.15) is 0 Å². The molecule has 9 nitrogen and oxygen atoms in total. The average Bonchev–Trinajstić information content (AvgIpc) is 3.22. The molecular weight excluding hydrogens is 360 g/mol. The second-order valence-corrected chi connectivity index (χ2v) is 9.06. The van der Waals surface area contributed by atoms with Gasteiger partial charge in [-0.05, 0) is 24.6 Å². The first kappa shape index (κ1) is 16.8.